The smallest absolute Gasteiger partial charge is 0.161 e. The Hall–Kier alpha value is -1.00. The molecule has 2 aromatic rings. The van der Waals surface area contributed by atoms with Gasteiger partial charge in [0.15, 0.2) is 11.5 Å². The average molecular weight is 412 g/mol. The highest BCUT2D eigenvalue weighted by Gasteiger charge is 2.15. The van der Waals surface area contributed by atoms with Gasteiger partial charge in [-0.05, 0) is 41.8 Å². The summed E-state index contributed by atoms with van der Waals surface area (Å²) in [5, 5.41) is 0. The molecule has 1 aliphatic rings. The Labute approximate surface area is 141 Å². The molecule has 0 amide bonds. The lowest BCUT2D eigenvalue weighted by Gasteiger charge is -2.14. The molecule has 0 aromatic heterocycles. The molecule has 0 aliphatic carbocycles. The number of ether oxygens (including phenoxy) is 2. The van der Waals surface area contributed by atoms with Crippen molar-refractivity contribution in [3.8, 4) is 11.5 Å². The number of alkyl halides is 1. The molecular weight excluding hydrogens is 396 g/mol. The number of benzene rings is 2. The second kappa shape index (κ2) is 6.84. The topological polar surface area (TPSA) is 18.5 Å². The Kier molecular flexibility index (Phi) is 4.86. The molecule has 0 saturated heterocycles. The van der Waals surface area contributed by atoms with Crippen LogP contribution >= 0.6 is 31.9 Å². The summed E-state index contributed by atoms with van der Waals surface area (Å²) in [6.07, 6.45) is 1.87. The second-order valence-electron chi connectivity index (χ2n) is 5.05. The normalized spacial score (nSPS) is 15.3. The van der Waals surface area contributed by atoms with E-state index in [1.54, 1.807) is 0 Å². The van der Waals surface area contributed by atoms with E-state index in [4.69, 9.17) is 9.47 Å². The molecule has 0 fully saturated rings. The number of rotatable bonds is 3. The Bertz CT molecular complexity index is 611. The fourth-order valence-corrected chi connectivity index (χ4v) is 3.24. The van der Waals surface area contributed by atoms with Crippen molar-refractivity contribution in [3.63, 3.8) is 0 Å². The lowest BCUT2D eigenvalue weighted by molar-refractivity contribution is 0.297. The van der Waals surface area contributed by atoms with Crippen molar-refractivity contribution in [3.05, 3.63) is 58.1 Å². The molecule has 1 atom stereocenters. The van der Waals surface area contributed by atoms with Gasteiger partial charge in [0.1, 0.15) is 0 Å². The molecule has 4 heteroatoms. The number of halogens is 2. The van der Waals surface area contributed by atoms with Crippen molar-refractivity contribution in [1.82, 2.24) is 0 Å². The van der Waals surface area contributed by atoms with Gasteiger partial charge < -0.3 is 9.47 Å². The zero-order chi connectivity index (χ0) is 14.7. The van der Waals surface area contributed by atoms with Gasteiger partial charge in [-0.1, -0.05) is 50.1 Å². The zero-order valence-electron chi connectivity index (χ0n) is 11.5. The summed E-state index contributed by atoms with van der Waals surface area (Å²) in [4.78, 5) is 0.260. The van der Waals surface area contributed by atoms with Gasteiger partial charge in [-0.2, -0.15) is 0 Å². The van der Waals surface area contributed by atoms with E-state index in [-0.39, 0.29) is 4.83 Å². The standard InChI is InChI=1S/C17H16Br2O2/c18-14-5-2-12(3-6-14)10-15(19)13-4-7-16-17(11-13)21-9-1-8-20-16/h2-7,11,15H,1,8-10H2. The van der Waals surface area contributed by atoms with E-state index in [9.17, 15) is 0 Å². The number of hydrogen-bond acceptors (Lipinski definition) is 2. The lowest BCUT2D eigenvalue weighted by Crippen LogP contribution is -1.98. The summed E-state index contributed by atoms with van der Waals surface area (Å²) in [5.74, 6) is 1.70. The highest BCUT2D eigenvalue weighted by molar-refractivity contribution is 9.10. The summed E-state index contributed by atoms with van der Waals surface area (Å²) >= 11 is 7.24. The Balaban J connectivity index is 1.76. The molecule has 0 spiro atoms. The Morgan fingerprint density at radius 1 is 0.952 bits per heavy atom. The van der Waals surface area contributed by atoms with Crippen LogP contribution in [-0.2, 0) is 6.42 Å². The van der Waals surface area contributed by atoms with Gasteiger partial charge in [-0.3, -0.25) is 0 Å². The van der Waals surface area contributed by atoms with Crippen LogP contribution in [0.4, 0.5) is 0 Å². The highest BCUT2D eigenvalue weighted by Crippen LogP contribution is 2.36. The molecule has 1 unspecified atom stereocenters. The van der Waals surface area contributed by atoms with Crippen molar-refractivity contribution in [2.75, 3.05) is 13.2 Å². The SMILES string of the molecule is Brc1ccc(CC(Br)c2ccc3c(c2)OCCCO3)cc1. The molecule has 0 saturated carbocycles. The van der Waals surface area contributed by atoms with Crippen LogP contribution in [0.25, 0.3) is 0 Å². The molecule has 0 N–H and O–H groups in total. The predicted molar refractivity (Wildman–Crippen MR) is 91.6 cm³/mol. The summed E-state index contributed by atoms with van der Waals surface area (Å²) in [5.41, 5.74) is 2.51. The van der Waals surface area contributed by atoms with Crippen molar-refractivity contribution < 1.29 is 9.47 Å². The lowest BCUT2D eigenvalue weighted by atomic mass is 10.0. The van der Waals surface area contributed by atoms with Gasteiger partial charge in [-0.15, -0.1) is 0 Å². The van der Waals surface area contributed by atoms with Crippen LogP contribution in [0.15, 0.2) is 46.9 Å². The third kappa shape index (κ3) is 3.80. The molecule has 0 radical (unpaired) electrons. The van der Waals surface area contributed by atoms with E-state index in [2.05, 4.69) is 68.3 Å². The average Bonchev–Trinajstić information content (AvgIpc) is 2.74. The van der Waals surface area contributed by atoms with Crippen molar-refractivity contribution in [1.29, 1.82) is 0 Å². The molecule has 3 rings (SSSR count). The minimum absolute atomic E-state index is 0.260. The first-order valence-electron chi connectivity index (χ1n) is 7.00. The Morgan fingerprint density at radius 3 is 2.43 bits per heavy atom. The van der Waals surface area contributed by atoms with E-state index < -0.39 is 0 Å². The minimum Gasteiger partial charge on any atom is -0.490 e. The van der Waals surface area contributed by atoms with E-state index in [0.717, 1.165) is 42.0 Å². The third-order valence-corrected chi connectivity index (χ3v) is 4.84. The number of hydrogen-bond donors (Lipinski definition) is 0. The van der Waals surface area contributed by atoms with Crippen LogP contribution in [0.1, 0.15) is 22.4 Å². The molecule has 1 aliphatic heterocycles. The molecule has 2 nitrogen and oxygen atoms in total. The van der Waals surface area contributed by atoms with Gasteiger partial charge in [0.05, 0.1) is 13.2 Å². The Morgan fingerprint density at radius 2 is 1.67 bits per heavy atom. The highest BCUT2D eigenvalue weighted by atomic mass is 79.9. The van der Waals surface area contributed by atoms with Crippen LogP contribution < -0.4 is 9.47 Å². The van der Waals surface area contributed by atoms with E-state index in [1.807, 2.05) is 6.07 Å². The summed E-state index contributed by atoms with van der Waals surface area (Å²) in [6, 6.07) is 14.6. The fraction of sp³-hybridized carbons (Fsp3) is 0.294. The van der Waals surface area contributed by atoms with E-state index in [1.165, 1.54) is 11.1 Å². The van der Waals surface area contributed by atoms with Gasteiger partial charge in [-0.25, -0.2) is 0 Å². The van der Waals surface area contributed by atoms with Gasteiger partial charge in [0.25, 0.3) is 0 Å². The monoisotopic (exact) mass is 410 g/mol. The van der Waals surface area contributed by atoms with Crippen molar-refractivity contribution in [2.24, 2.45) is 0 Å². The zero-order valence-corrected chi connectivity index (χ0v) is 14.7. The first-order valence-corrected chi connectivity index (χ1v) is 8.71. The van der Waals surface area contributed by atoms with Crippen LogP contribution in [0.2, 0.25) is 0 Å². The first-order chi connectivity index (χ1) is 10.2. The maximum Gasteiger partial charge on any atom is 0.161 e. The maximum atomic E-state index is 5.75. The van der Waals surface area contributed by atoms with Gasteiger partial charge >= 0.3 is 0 Å². The van der Waals surface area contributed by atoms with E-state index in [0.29, 0.717) is 0 Å². The van der Waals surface area contributed by atoms with Crippen LogP contribution in [-0.4, -0.2) is 13.2 Å². The predicted octanol–water partition coefficient (Wildman–Crippen LogP) is 5.29. The molecule has 21 heavy (non-hydrogen) atoms. The van der Waals surface area contributed by atoms with Crippen LogP contribution in [0, 0.1) is 0 Å². The quantitative estimate of drug-likeness (QED) is 0.639. The summed E-state index contributed by atoms with van der Waals surface area (Å²) in [7, 11) is 0. The van der Waals surface area contributed by atoms with Crippen molar-refractivity contribution >= 4 is 31.9 Å². The largest absolute Gasteiger partial charge is 0.490 e. The maximum absolute atomic E-state index is 5.75. The van der Waals surface area contributed by atoms with Crippen LogP contribution in [0.3, 0.4) is 0 Å². The van der Waals surface area contributed by atoms with E-state index >= 15 is 0 Å². The molecule has 2 aromatic carbocycles. The molecular formula is C17H16Br2O2. The van der Waals surface area contributed by atoms with Crippen molar-refractivity contribution in [2.45, 2.75) is 17.7 Å². The third-order valence-electron chi connectivity index (χ3n) is 3.46. The molecule has 110 valence electrons. The van der Waals surface area contributed by atoms with Crippen LogP contribution in [0.5, 0.6) is 11.5 Å². The first kappa shape index (κ1) is 14.9. The summed E-state index contributed by atoms with van der Waals surface area (Å²) in [6.45, 7) is 1.44. The second-order valence-corrected chi connectivity index (χ2v) is 7.08. The van der Waals surface area contributed by atoms with Gasteiger partial charge in [0, 0.05) is 15.7 Å². The summed E-state index contributed by atoms with van der Waals surface area (Å²) < 4.78 is 12.5. The molecule has 0 bridgehead atoms. The molecule has 1 heterocycles. The minimum atomic E-state index is 0.260. The number of fused-ring (bicyclic) bond motifs is 1. The fourth-order valence-electron chi connectivity index (χ4n) is 2.32. The van der Waals surface area contributed by atoms with Gasteiger partial charge in [0.2, 0.25) is 0 Å².